The highest BCUT2D eigenvalue weighted by Gasteiger charge is 2.21. The molecule has 7 heteroatoms. The Morgan fingerprint density at radius 2 is 1.96 bits per heavy atom. The number of hydrogen-bond donors (Lipinski definition) is 3. The van der Waals surface area contributed by atoms with E-state index in [4.69, 9.17) is 10.5 Å². The number of aliphatic imine (C=N–C) groups is 1. The van der Waals surface area contributed by atoms with Gasteiger partial charge in [-0.1, -0.05) is 30.3 Å². The number of benzene rings is 2. The average Bonchev–Trinajstić information content (AvgIpc) is 2.67. The summed E-state index contributed by atoms with van der Waals surface area (Å²) in [5.74, 6) is 1.23. The summed E-state index contributed by atoms with van der Waals surface area (Å²) in [6.07, 6.45) is 0.842. The van der Waals surface area contributed by atoms with E-state index in [9.17, 15) is 4.79 Å². The van der Waals surface area contributed by atoms with Crippen molar-refractivity contribution in [1.29, 1.82) is 0 Å². The molecular formula is C20H25IN4O2. The molecule has 0 spiro atoms. The number of rotatable bonds is 5. The number of nitrogens with one attached hydrogen (secondary N) is 2. The lowest BCUT2D eigenvalue weighted by molar-refractivity contribution is 0.0956. The Hall–Kier alpha value is -2.29. The molecule has 1 heterocycles. The second-order valence-corrected chi connectivity index (χ2v) is 6.13. The molecule has 1 aliphatic rings. The molecule has 1 aliphatic heterocycles. The van der Waals surface area contributed by atoms with Crippen LogP contribution in [0.5, 0.6) is 5.75 Å². The number of carbonyl (C=O) groups is 1. The zero-order chi connectivity index (χ0) is 18.4. The van der Waals surface area contributed by atoms with Crippen LogP contribution in [0.3, 0.4) is 0 Å². The average molecular weight is 480 g/mol. The van der Waals surface area contributed by atoms with Crippen molar-refractivity contribution in [3.05, 3.63) is 65.2 Å². The molecule has 1 amide bonds. The molecule has 0 saturated carbocycles. The molecule has 6 nitrogen and oxygen atoms in total. The minimum absolute atomic E-state index is 0. The second-order valence-electron chi connectivity index (χ2n) is 6.13. The number of fused-ring (bicyclic) bond motifs is 1. The summed E-state index contributed by atoms with van der Waals surface area (Å²) in [4.78, 5) is 16.2. The van der Waals surface area contributed by atoms with Crippen molar-refractivity contribution in [1.82, 2.24) is 10.6 Å². The monoisotopic (exact) mass is 480 g/mol. The van der Waals surface area contributed by atoms with E-state index in [1.165, 1.54) is 0 Å². The zero-order valence-corrected chi connectivity index (χ0v) is 17.6. The van der Waals surface area contributed by atoms with Gasteiger partial charge < -0.3 is 21.1 Å². The molecule has 3 rings (SSSR count). The van der Waals surface area contributed by atoms with E-state index >= 15 is 0 Å². The van der Waals surface area contributed by atoms with Crippen molar-refractivity contribution in [2.24, 2.45) is 10.7 Å². The quantitative estimate of drug-likeness (QED) is 0.349. The molecule has 2 aromatic rings. The summed E-state index contributed by atoms with van der Waals surface area (Å²) in [7, 11) is 0. The first-order valence-corrected chi connectivity index (χ1v) is 8.82. The highest BCUT2D eigenvalue weighted by molar-refractivity contribution is 14.0. The molecule has 0 saturated heterocycles. The molecule has 1 unspecified atom stereocenters. The van der Waals surface area contributed by atoms with Crippen LogP contribution < -0.4 is 21.1 Å². The van der Waals surface area contributed by atoms with Crippen LogP contribution in [-0.4, -0.2) is 25.0 Å². The number of ether oxygens (including phenoxy) is 1. The molecule has 0 fully saturated rings. The van der Waals surface area contributed by atoms with Gasteiger partial charge in [-0.05, 0) is 30.7 Å². The number of carbonyl (C=O) groups excluding carboxylic acids is 1. The molecule has 0 aromatic heterocycles. The third-order valence-electron chi connectivity index (χ3n) is 4.27. The lowest BCUT2D eigenvalue weighted by atomic mass is 10.0. The van der Waals surface area contributed by atoms with E-state index in [1.807, 2.05) is 43.3 Å². The fourth-order valence-corrected chi connectivity index (χ4v) is 2.92. The van der Waals surface area contributed by atoms with E-state index in [0.717, 1.165) is 23.3 Å². The molecule has 0 bridgehead atoms. The van der Waals surface area contributed by atoms with Gasteiger partial charge in [0.05, 0.1) is 19.2 Å². The summed E-state index contributed by atoms with van der Waals surface area (Å²) in [5, 5.41) is 6.05. The van der Waals surface area contributed by atoms with Gasteiger partial charge in [-0.2, -0.15) is 0 Å². The molecule has 2 aromatic carbocycles. The largest absolute Gasteiger partial charge is 0.493 e. The van der Waals surface area contributed by atoms with Crippen molar-refractivity contribution in [3.63, 3.8) is 0 Å². The predicted molar refractivity (Wildman–Crippen MR) is 118 cm³/mol. The number of halogens is 1. The summed E-state index contributed by atoms with van der Waals surface area (Å²) >= 11 is 0. The summed E-state index contributed by atoms with van der Waals surface area (Å²) in [6.45, 7) is 3.62. The number of nitrogens with zero attached hydrogens (tertiary/aromatic N) is 1. The van der Waals surface area contributed by atoms with Gasteiger partial charge in [-0.3, -0.25) is 4.79 Å². The van der Waals surface area contributed by atoms with Gasteiger partial charge in [-0.25, -0.2) is 4.99 Å². The normalized spacial score (nSPS) is 15.7. The van der Waals surface area contributed by atoms with E-state index in [2.05, 4.69) is 15.6 Å². The first-order valence-electron chi connectivity index (χ1n) is 8.82. The second kappa shape index (κ2) is 10.1. The molecule has 0 radical (unpaired) electrons. The minimum atomic E-state index is -0.0677. The minimum Gasteiger partial charge on any atom is -0.493 e. The first kappa shape index (κ1) is 21.0. The Balaban J connectivity index is 0.00000261. The van der Waals surface area contributed by atoms with Gasteiger partial charge >= 0.3 is 0 Å². The van der Waals surface area contributed by atoms with Crippen LogP contribution in [0.4, 0.5) is 0 Å². The highest BCUT2D eigenvalue weighted by atomic mass is 127. The summed E-state index contributed by atoms with van der Waals surface area (Å²) in [5.41, 5.74) is 8.80. The van der Waals surface area contributed by atoms with Crippen LogP contribution in [-0.2, 0) is 6.54 Å². The molecule has 4 N–H and O–H groups in total. The van der Waals surface area contributed by atoms with Crippen LogP contribution in [0.1, 0.15) is 40.9 Å². The van der Waals surface area contributed by atoms with Crippen LogP contribution in [0.15, 0.2) is 53.5 Å². The molecule has 1 atom stereocenters. The van der Waals surface area contributed by atoms with Crippen LogP contribution >= 0.6 is 24.0 Å². The highest BCUT2D eigenvalue weighted by Crippen LogP contribution is 2.31. The van der Waals surface area contributed by atoms with Crippen LogP contribution in [0.2, 0.25) is 0 Å². The maximum absolute atomic E-state index is 11.8. The molecule has 144 valence electrons. The van der Waals surface area contributed by atoms with E-state index in [0.29, 0.717) is 31.2 Å². The van der Waals surface area contributed by atoms with E-state index < -0.39 is 0 Å². The Bertz CT molecular complexity index is 793. The molecular weight excluding hydrogens is 455 g/mol. The van der Waals surface area contributed by atoms with Crippen molar-refractivity contribution >= 4 is 35.8 Å². The summed E-state index contributed by atoms with van der Waals surface area (Å²) < 4.78 is 5.66. The number of nitrogens with two attached hydrogens (primary N) is 1. The van der Waals surface area contributed by atoms with E-state index in [-0.39, 0.29) is 35.9 Å². The SMILES string of the molecule is CCNC(=O)c1ccc(CN=C(N)NC2CCOc3ccccc32)cc1.I. The third kappa shape index (κ3) is 5.59. The maximum Gasteiger partial charge on any atom is 0.251 e. The fourth-order valence-electron chi connectivity index (χ4n) is 2.92. The Morgan fingerprint density at radius 1 is 1.22 bits per heavy atom. The van der Waals surface area contributed by atoms with Gasteiger partial charge in [0.1, 0.15) is 5.75 Å². The Morgan fingerprint density at radius 3 is 2.70 bits per heavy atom. The zero-order valence-electron chi connectivity index (χ0n) is 15.3. The maximum atomic E-state index is 11.8. The first-order chi connectivity index (χ1) is 12.7. The molecule has 27 heavy (non-hydrogen) atoms. The lowest BCUT2D eigenvalue weighted by Crippen LogP contribution is -2.37. The van der Waals surface area contributed by atoms with Crippen molar-refractivity contribution in [2.45, 2.75) is 25.9 Å². The molecule has 0 aliphatic carbocycles. The van der Waals surface area contributed by atoms with Crippen molar-refractivity contribution in [3.8, 4) is 5.75 Å². The van der Waals surface area contributed by atoms with Gasteiger partial charge in [0.25, 0.3) is 5.91 Å². The van der Waals surface area contributed by atoms with Gasteiger partial charge in [-0.15, -0.1) is 24.0 Å². The topological polar surface area (TPSA) is 88.7 Å². The number of para-hydroxylation sites is 1. The van der Waals surface area contributed by atoms with Gasteiger partial charge in [0.15, 0.2) is 5.96 Å². The summed E-state index contributed by atoms with van der Waals surface area (Å²) in [6, 6.07) is 15.4. The van der Waals surface area contributed by atoms with Gasteiger partial charge in [0.2, 0.25) is 0 Å². The number of hydrogen-bond acceptors (Lipinski definition) is 3. The standard InChI is InChI=1S/C20H24N4O2.HI/c1-2-22-19(25)15-9-7-14(8-10-15)13-23-20(21)24-17-11-12-26-18-6-4-3-5-16(17)18;/h3-10,17H,2,11-13H2,1H3,(H,22,25)(H3,21,23,24);1H. The Labute approximate surface area is 176 Å². The van der Waals surface area contributed by atoms with Crippen molar-refractivity contribution < 1.29 is 9.53 Å². The lowest BCUT2D eigenvalue weighted by Gasteiger charge is -2.26. The Kier molecular flexibility index (Phi) is 7.90. The van der Waals surface area contributed by atoms with Gasteiger partial charge in [0, 0.05) is 24.1 Å². The van der Waals surface area contributed by atoms with Crippen LogP contribution in [0.25, 0.3) is 0 Å². The smallest absolute Gasteiger partial charge is 0.251 e. The third-order valence-corrected chi connectivity index (χ3v) is 4.27. The van der Waals surface area contributed by atoms with Crippen molar-refractivity contribution in [2.75, 3.05) is 13.2 Å². The fraction of sp³-hybridized carbons (Fsp3) is 0.300. The predicted octanol–water partition coefficient (Wildman–Crippen LogP) is 2.98. The number of guanidine groups is 1. The van der Waals surface area contributed by atoms with Crippen LogP contribution in [0, 0.1) is 0 Å². The number of amides is 1. The van der Waals surface area contributed by atoms with E-state index in [1.54, 1.807) is 12.1 Å².